The highest BCUT2D eigenvalue weighted by molar-refractivity contribution is 7.71. The number of rotatable bonds is 7. The van der Waals surface area contributed by atoms with E-state index in [0.717, 1.165) is 17.8 Å². The highest BCUT2D eigenvalue weighted by Gasteiger charge is 2.10. The molecule has 0 aliphatic rings. The maximum absolute atomic E-state index is 13.9. The Hall–Kier alpha value is -2.38. The summed E-state index contributed by atoms with van der Waals surface area (Å²) in [4.78, 5) is 0. The average Bonchev–Trinajstić information content (AvgIpc) is 3.00. The molecule has 0 aliphatic heterocycles. The van der Waals surface area contributed by atoms with Crippen LogP contribution in [0.4, 0.5) is 4.39 Å². The number of hydrogen-bond acceptors (Lipinski definition) is 4. The number of nitrogens with zero attached hydrogens (tertiary/aromatic N) is 2. The van der Waals surface area contributed by atoms with Crippen LogP contribution in [0.2, 0.25) is 5.02 Å². The molecule has 26 heavy (non-hydrogen) atoms. The monoisotopic (exact) mass is 392 g/mol. The first kappa shape index (κ1) is 18.4. The third-order valence-electron chi connectivity index (χ3n) is 3.89. The smallest absolute Gasteiger partial charge is 0.214 e. The molecule has 3 aromatic rings. The van der Waals surface area contributed by atoms with Crippen molar-refractivity contribution in [2.24, 2.45) is 0 Å². The van der Waals surface area contributed by atoms with Crippen LogP contribution in [0.1, 0.15) is 23.9 Å². The highest BCUT2D eigenvalue weighted by Crippen LogP contribution is 2.24. The number of benzene rings is 2. The van der Waals surface area contributed by atoms with Crippen LogP contribution in [0.5, 0.6) is 5.75 Å². The quantitative estimate of drug-likeness (QED) is 0.576. The number of halogens is 2. The molecule has 1 heterocycles. The molecule has 0 bridgehead atoms. The van der Waals surface area contributed by atoms with E-state index in [0.29, 0.717) is 27.7 Å². The minimum atomic E-state index is -0.384. The van der Waals surface area contributed by atoms with Gasteiger partial charge >= 0.3 is 0 Å². The number of hydrogen-bond donors (Lipinski definition) is 2. The lowest BCUT2D eigenvalue weighted by Gasteiger charge is -2.14. The molecule has 1 aromatic heterocycles. The summed E-state index contributed by atoms with van der Waals surface area (Å²) in [6.07, 6.45) is 0.740. The molecule has 0 spiro atoms. The highest BCUT2D eigenvalue weighted by atomic mass is 35.5. The second-order valence-electron chi connectivity index (χ2n) is 5.57. The van der Waals surface area contributed by atoms with Gasteiger partial charge in [0.1, 0.15) is 18.2 Å². The van der Waals surface area contributed by atoms with Crippen LogP contribution in [-0.4, -0.2) is 14.9 Å². The third kappa shape index (κ3) is 4.05. The molecule has 0 unspecified atom stereocenters. The zero-order valence-electron chi connectivity index (χ0n) is 14.1. The molecule has 0 radical (unpaired) electrons. The molecule has 0 saturated heterocycles. The Labute approximate surface area is 160 Å². The van der Waals surface area contributed by atoms with Crippen molar-refractivity contribution in [3.8, 4) is 5.75 Å². The van der Waals surface area contributed by atoms with Gasteiger partial charge in [-0.3, -0.25) is 5.10 Å². The predicted octanol–water partition coefficient (Wildman–Crippen LogP) is 4.62. The molecule has 0 amide bonds. The van der Waals surface area contributed by atoms with Gasteiger partial charge in [0.05, 0.1) is 11.6 Å². The summed E-state index contributed by atoms with van der Waals surface area (Å²) in [5, 5.41) is 7.27. The third-order valence-corrected chi connectivity index (χ3v) is 4.52. The average molecular weight is 393 g/mol. The first-order valence-electron chi connectivity index (χ1n) is 8.14. The molecule has 2 N–H and O–H groups in total. The van der Waals surface area contributed by atoms with Gasteiger partial charge < -0.3 is 10.2 Å². The van der Waals surface area contributed by atoms with Crippen molar-refractivity contribution in [3.05, 3.63) is 75.0 Å². The van der Waals surface area contributed by atoms with Crippen molar-refractivity contribution in [2.75, 3.05) is 5.43 Å². The van der Waals surface area contributed by atoms with E-state index in [9.17, 15) is 4.39 Å². The van der Waals surface area contributed by atoms with Gasteiger partial charge in [0.25, 0.3) is 0 Å². The van der Waals surface area contributed by atoms with Gasteiger partial charge in [0.15, 0.2) is 5.82 Å². The van der Waals surface area contributed by atoms with Gasteiger partial charge in [-0.15, -0.1) is 0 Å². The minimum absolute atomic E-state index is 0.0495. The van der Waals surface area contributed by atoms with Crippen LogP contribution in [0.25, 0.3) is 0 Å². The Balaban J connectivity index is 1.74. The number of para-hydroxylation sites is 1. The maximum Gasteiger partial charge on any atom is 0.214 e. The molecule has 3 rings (SSSR count). The van der Waals surface area contributed by atoms with Gasteiger partial charge in [-0.2, -0.15) is 5.10 Å². The summed E-state index contributed by atoms with van der Waals surface area (Å²) in [6.45, 7) is 2.52. The normalized spacial score (nSPS) is 10.7. The molecular weight excluding hydrogens is 375 g/mol. The summed E-state index contributed by atoms with van der Waals surface area (Å²) >= 11 is 11.3. The van der Waals surface area contributed by atoms with Crippen molar-refractivity contribution in [1.29, 1.82) is 0 Å². The Kier molecular flexibility index (Phi) is 5.90. The second kappa shape index (κ2) is 8.33. The van der Waals surface area contributed by atoms with Crippen molar-refractivity contribution in [3.63, 3.8) is 0 Å². The van der Waals surface area contributed by atoms with Crippen LogP contribution in [-0.2, 0) is 19.6 Å². The summed E-state index contributed by atoms with van der Waals surface area (Å²) in [6, 6.07) is 12.1. The Morgan fingerprint density at radius 2 is 2.08 bits per heavy atom. The lowest BCUT2D eigenvalue weighted by Crippen LogP contribution is -2.17. The van der Waals surface area contributed by atoms with Crippen LogP contribution in [0.3, 0.4) is 0 Å². The van der Waals surface area contributed by atoms with Crippen LogP contribution in [0.15, 0.2) is 42.5 Å². The zero-order valence-corrected chi connectivity index (χ0v) is 15.7. The first-order chi connectivity index (χ1) is 12.6. The van der Waals surface area contributed by atoms with E-state index >= 15 is 0 Å². The van der Waals surface area contributed by atoms with Crippen molar-refractivity contribution < 1.29 is 9.13 Å². The molecule has 8 heteroatoms. The van der Waals surface area contributed by atoms with E-state index in [2.05, 4.69) is 15.6 Å². The fourth-order valence-electron chi connectivity index (χ4n) is 2.50. The molecule has 5 nitrogen and oxygen atoms in total. The zero-order chi connectivity index (χ0) is 18.5. The number of aromatic amines is 1. The lowest BCUT2D eigenvalue weighted by molar-refractivity contribution is 0.297. The van der Waals surface area contributed by atoms with Gasteiger partial charge in [-0.25, -0.2) is 9.07 Å². The maximum atomic E-state index is 13.9. The first-order valence-corrected chi connectivity index (χ1v) is 8.92. The van der Waals surface area contributed by atoms with E-state index < -0.39 is 0 Å². The van der Waals surface area contributed by atoms with E-state index in [1.807, 2.05) is 31.2 Å². The number of aromatic nitrogens is 3. The topological polar surface area (TPSA) is 54.9 Å². The molecule has 0 fully saturated rings. The van der Waals surface area contributed by atoms with Crippen molar-refractivity contribution in [1.82, 2.24) is 14.9 Å². The summed E-state index contributed by atoms with van der Waals surface area (Å²) in [5.74, 6) is 1.07. The summed E-state index contributed by atoms with van der Waals surface area (Å²) < 4.78 is 22.0. The van der Waals surface area contributed by atoms with E-state index in [1.54, 1.807) is 16.8 Å². The summed E-state index contributed by atoms with van der Waals surface area (Å²) in [7, 11) is 0. The second-order valence-corrected chi connectivity index (χ2v) is 6.36. The number of nitrogens with one attached hydrogen (secondary N) is 2. The Bertz CT molecular complexity index is 936. The number of H-pyrrole nitrogens is 1. The van der Waals surface area contributed by atoms with Gasteiger partial charge in [0.2, 0.25) is 4.77 Å². The molecule has 2 aromatic carbocycles. The molecular formula is C18H18ClFN4OS. The van der Waals surface area contributed by atoms with E-state index in [-0.39, 0.29) is 12.4 Å². The van der Waals surface area contributed by atoms with Crippen LogP contribution < -0.4 is 10.2 Å². The fourth-order valence-corrected chi connectivity index (χ4v) is 2.94. The van der Waals surface area contributed by atoms with Crippen molar-refractivity contribution in [2.45, 2.75) is 26.5 Å². The Morgan fingerprint density at radius 3 is 2.85 bits per heavy atom. The largest absolute Gasteiger partial charge is 0.488 e. The molecule has 0 saturated carbocycles. The van der Waals surface area contributed by atoms with Gasteiger partial charge in [-0.05, 0) is 30.4 Å². The van der Waals surface area contributed by atoms with Gasteiger partial charge in [-0.1, -0.05) is 42.8 Å². The minimum Gasteiger partial charge on any atom is -0.488 e. The molecule has 0 atom stereocenters. The summed E-state index contributed by atoms with van der Waals surface area (Å²) in [5.41, 5.74) is 4.47. The fraction of sp³-hybridized carbons (Fsp3) is 0.222. The van der Waals surface area contributed by atoms with E-state index in [1.165, 1.54) is 6.07 Å². The Morgan fingerprint density at radius 1 is 1.27 bits per heavy atom. The SMILES string of the molecule is CCc1n[nH]c(=S)n1NCc1ccccc1OCc1c(F)cccc1Cl. The standard InChI is InChI=1S/C18H18ClFN4OS/c1-2-17-22-23-18(26)24(17)21-10-12-6-3-4-9-16(12)25-11-13-14(19)7-5-8-15(13)20/h3-9,21H,2,10-11H2,1H3,(H,23,26). The molecule has 0 aliphatic carbocycles. The predicted molar refractivity (Wildman–Crippen MR) is 102 cm³/mol. The van der Waals surface area contributed by atoms with E-state index in [4.69, 9.17) is 28.6 Å². The molecule has 136 valence electrons. The number of aryl methyl sites for hydroxylation is 1. The lowest BCUT2D eigenvalue weighted by atomic mass is 10.2. The number of ether oxygens (including phenoxy) is 1. The van der Waals surface area contributed by atoms with Crippen molar-refractivity contribution >= 4 is 23.8 Å². The van der Waals surface area contributed by atoms with Crippen LogP contribution >= 0.6 is 23.8 Å². The van der Waals surface area contributed by atoms with Gasteiger partial charge in [0, 0.05) is 17.5 Å². The van der Waals surface area contributed by atoms with Crippen LogP contribution in [0, 0.1) is 10.6 Å².